The lowest BCUT2D eigenvalue weighted by Crippen LogP contribution is -2.35. The smallest absolute Gasteiger partial charge is 0.372 e. The molecule has 35 heavy (non-hydrogen) atoms. The minimum absolute atomic E-state index is 0.0493. The second kappa shape index (κ2) is 12.0. The van der Waals surface area contributed by atoms with E-state index in [1.165, 1.54) is 11.1 Å². The first kappa shape index (κ1) is 25.7. The molecule has 0 bridgehead atoms. The van der Waals surface area contributed by atoms with E-state index in [4.69, 9.17) is 10.2 Å². The van der Waals surface area contributed by atoms with E-state index in [1.807, 2.05) is 55.6 Å². The van der Waals surface area contributed by atoms with Crippen molar-refractivity contribution in [1.82, 2.24) is 4.90 Å². The summed E-state index contributed by atoms with van der Waals surface area (Å²) in [5, 5.41) is 17.1. The molecule has 8 nitrogen and oxygen atoms in total. The number of hydrogen-bond donors (Lipinski definition) is 2. The van der Waals surface area contributed by atoms with Gasteiger partial charge in [-0.15, -0.1) is 0 Å². The number of aryl methyl sites for hydroxylation is 1. The number of carbonyl (C=O) groups excluding carboxylic acids is 2. The maximum atomic E-state index is 11.9. The first-order chi connectivity index (χ1) is 16.8. The fraction of sp³-hybridized carbons (Fsp3) is 0.333. The Morgan fingerprint density at radius 1 is 0.886 bits per heavy atom. The van der Waals surface area contributed by atoms with Crippen molar-refractivity contribution in [2.75, 3.05) is 18.5 Å². The van der Waals surface area contributed by atoms with Crippen molar-refractivity contribution in [2.45, 2.75) is 45.1 Å². The number of hydrogen-bond acceptors (Lipinski definition) is 5. The van der Waals surface area contributed by atoms with Gasteiger partial charge in [-0.1, -0.05) is 42.5 Å². The van der Waals surface area contributed by atoms with Crippen molar-refractivity contribution in [1.29, 1.82) is 0 Å². The average molecular weight is 479 g/mol. The Bertz CT molecular complexity index is 1140. The molecule has 0 saturated carbocycles. The van der Waals surface area contributed by atoms with Gasteiger partial charge >= 0.3 is 11.9 Å². The molecule has 2 N–H and O–H groups in total. The molecule has 0 radical (unpaired) electrons. The lowest BCUT2D eigenvalue weighted by molar-refractivity contribution is -0.149. The Kier molecular flexibility index (Phi) is 8.78. The molecule has 8 heteroatoms. The zero-order valence-corrected chi connectivity index (χ0v) is 19.8. The van der Waals surface area contributed by atoms with Crippen LogP contribution in [0.5, 0.6) is 0 Å². The van der Waals surface area contributed by atoms with Crippen LogP contribution in [0.3, 0.4) is 0 Å². The number of carboxylic acid groups (broad SMARTS) is 2. The van der Waals surface area contributed by atoms with Gasteiger partial charge in [-0.05, 0) is 48.1 Å². The van der Waals surface area contributed by atoms with Crippen molar-refractivity contribution in [3.8, 4) is 0 Å². The lowest BCUT2D eigenvalue weighted by atomic mass is 9.99. The zero-order chi connectivity index (χ0) is 25.4. The Morgan fingerprint density at radius 2 is 1.57 bits per heavy atom. The number of ketones is 1. The molecule has 0 atom stereocenters. The van der Waals surface area contributed by atoms with Crippen LogP contribution < -0.4 is 4.90 Å². The van der Waals surface area contributed by atoms with Crippen molar-refractivity contribution >= 4 is 35.4 Å². The lowest BCUT2D eigenvalue weighted by Gasteiger charge is -2.29. The topological polar surface area (TPSA) is 115 Å². The van der Waals surface area contributed by atoms with E-state index >= 15 is 0 Å². The second-order valence-corrected chi connectivity index (χ2v) is 8.59. The van der Waals surface area contributed by atoms with Crippen molar-refractivity contribution in [3.05, 3.63) is 70.9 Å². The summed E-state index contributed by atoms with van der Waals surface area (Å²) in [7, 11) is 1.95. The number of carboxylic acids is 2. The molecule has 0 spiro atoms. The monoisotopic (exact) mass is 478 g/mol. The molecule has 2 aliphatic heterocycles. The molecular weight excluding hydrogens is 448 g/mol. The van der Waals surface area contributed by atoms with Crippen LogP contribution in [-0.2, 0) is 32.1 Å². The average Bonchev–Trinajstić information content (AvgIpc) is 2.85. The van der Waals surface area contributed by atoms with E-state index in [1.54, 1.807) is 4.90 Å². The van der Waals surface area contributed by atoms with Gasteiger partial charge in [0.2, 0.25) is 11.7 Å². The predicted molar refractivity (Wildman–Crippen MR) is 132 cm³/mol. The number of allylic oxidation sites excluding steroid dienone is 1. The number of Topliss-reactive ketones (excluding diaryl/α,β-unsaturated/α-hetero) is 1. The van der Waals surface area contributed by atoms with E-state index in [2.05, 4.69) is 11.0 Å². The van der Waals surface area contributed by atoms with Crippen LogP contribution in [0.15, 0.2) is 54.2 Å². The number of para-hydroxylation sites is 1. The van der Waals surface area contributed by atoms with Crippen LogP contribution in [0.2, 0.25) is 0 Å². The highest BCUT2D eigenvalue weighted by Gasteiger charge is 2.22. The standard InChI is InChI=1S/C14H15NO3.C13H15NO3/c1-15-9-11-5-3-2-4-10(11)8-12(15)6-7-13(16)14(17)18;15-12(7-8-13(16)17)14-9-3-5-10-4-1-2-6-11(10)14/h2-5,8H,6-7,9H2,1H3,(H,17,18);1-2,4,6H,3,5,7-9H2,(H,16,17). The molecule has 2 aliphatic rings. The van der Waals surface area contributed by atoms with Crippen LogP contribution in [0.1, 0.15) is 48.8 Å². The van der Waals surface area contributed by atoms with Gasteiger partial charge < -0.3 is 20.0 Å². The molecule has 0 unspecified atom stereocenters. The number of aliphatic carboxylic acids is 2. The van der Waals surface area contributed by atoms with Crippen LogP contribution >= 0.6 is 0 Å². The number of anilines is 1. The SMILES string of the molecule is CN1Cc2ccccc2C=C1CCC(=O)C(=O)O.O=C(O)CCC(=O)N1CCCc2ccccc21. The van der Waals surface area contributed by atoms with Crippen LogP contribution in [0.4, 0.5) is 5.69 Å². The number of carbonyl (C=O) groups is 4. The molecule has 2 heterocycles. The molecule has 0 aromatic heterocycles. The van der Waals surface area contributed by atoms with Gasteiger partial charge in [0.15, 0.2) is 0 Å². The van der Waals surface area contributed by atoms with Crippen molar-refractivity contribution < 1.29 is 29.4 Å². The normalized spacial score (nSPS) is 14.0. The zero-order valence-electron chi connectivity index (χ0n) is 19.8. The summed E-state index contributed by atoms with van der Waals surface area (Å²) in [5.41, 5.74) is 5.50. The Balaban J connectivity index is 0.000000196. The quantitative estimate of drug-likeness (QED) is 0.583. The van der Waals surface area contributed by atoms with Gasteiger partial charge in [-0.25, -0.2) is 4.79 Å². The largest absolute Gasteiger partial charge is 0.481 e. The molecule has 1 amide bonds. The third kappa shape index (κ3) is 7.02. The number of rotatable bonds is 7. The van der Waals surface area contributed by atoms with E-state index in [0.717, 1.165) is 36.3 Å². The maximum absolute atomic E-state index is 11.9. The van der Waals surface area contributed by atoms with Crippen LogP contribution in [0, 0.1) is 0 Å². The molecule has 184 valence electrons. The minimum Gasteiger partial charge on any atom is -0.481 e. The van der Waals surface area contributed by atoms with E-state index in [-0.39, 0.29) is 25.2 Å². The van der Waals surface area contributed by atoms with E-state index in [0.29, 0.717) is 13.0 Å². The Labute approximate surface area is 204 Å². The molecular formula is C27H30N2O6. The Hall–Kier alpha value is -3.94. The maximum Gasteiger partial charge on any atom is 0.372 e. The highest BCUT2D eigenvalue weighted by molar-refractivity contribution is 6.32. The van der Waals surface area contributed by atoms with Gasteiger partial charge in [-0.3, -0.25) is 14.4 Å². The molecule has 0 aliphatic carbocycles. The van der Waals surface area contributed by atoms with E-state index < -0.39 is 17.7 Å². The van der Waals surface area contributed by atoms with Gasteiger partial charge in [0.05, 0.1) is 6.42 Å². The third-order valence-corrected chi connectivity index (χ3v) is 6.09. The summed E-state index contributed by atoms with van der Waals surface area (Å²) in [5.74, 6) is -3.11. The Morgan fingerprint density at radius 3 is 2.29 bits per heavy atom. The number of fused-ring (bicyclic) bond motifs is 2. The van der Waals surface area contributed by atoms with Gasteiger partial charge in [-0.2, -0.15) is 0 Å². The number of benzene rings is 2. The summed E-state index contributed by atoms with van der Waals surface area (Å²) in [6.07, 6.45) is 4.44. The van der Waals surface area contributed by atoms with E-state index in [9.17, 15) is 19.2 Å². The molecule has 2 aromatic carbocycles. The summed E-state index contributed by atoms with van der Waals surface area (Å²) >= 11 is 0. The van der Waals surface area contributed by atoms with Gasteiger partial charge in [0.25, 0.3) is 0 Å². The van der Waals surface area contributed by atoms with Gasteiger partial charge in [0.1, 0.15) is 0 Å². The third-order valence-electron chi connectivity index (χ3n) is 6.09. The molecule has 2 aromatic rings. The highest BCUT2D eigenvalue weighted by Crippen LogP contribution is 2.27. The minimum atomic E-state index is -1.35. The fourth-order valence-electron chi connectivity index (χ4n) is 4.22. The second-order valence-electron chi connectivity index (χ2n) is 8.59. The summed E-state index contributed by atoms with van der Waals surface area (Å²) in [4.78, 5) is 47.7. The molecule has 0 fully saturated rings. The van der Waals surface area contributed by atoms with Gasteiger partial charge in [0, 0.05) is 44.4 Å². The first-order valence-electron chi connectivity index (χ1n) is 11.6. The molecule has 0 saturated heterocycles. The summed E-state index contributed by atoms with van der Waals surface area (Å²) in [6.45, 7) is 1.48. The fourth-order valence-corrected chi connectivity index (χ4v) is 4.22. The first-order valence-corrected chi connectivity index (χ1v) is 11.6. The summed E-state index contributed by atoms with van der Waals surface area (Å²) < 4.78 is 0. The van der Waals surface area contributed by atoms with Crippen molar-refractivity contribution in [3.63, 3.8) is 0 Å². The van der Waals surface area contributed by atoms with Crippen LogP contribution in [-0.4, -0.2) is 52.3 Å². The van der Waals surface area contributed by atoms with Crippen molar-refractivity contribution in [2.24, 2.45) is 0 Å². The molecule has 4 rings (SSSR count). The number of amides is 1. The van der Waals surface area contributed by atoms with Crippen LogP contribution in [0.25, 0.3) is 6.08 Å². The highest BCUT2D eigenvalue weighted by atomic mass is 16.4. The predicted octanol–water partition coefficient (Wildman–Crippen LogP) is 3.74. The number of nitrogens with zero attached hydrogens (tertiary/aromatic N) is 2. The summed E-state index contributed by atoms with van der Waals surface area (Å²) in [6, 6.07) is 15.9.